The van der Waals surface area contributed by atoms with Crippen molar-refractivity contribution >= 4 is 51.4 Å². The molecule has 0 fully saturated rings. The van der Waals surface area contributed by atoms with Crippen LogP contribution in [0.5, 0.6) is 0 Å². The summed E-state index contributed by atoms with van der Waals surface area (Å²) < 4.78 is 0. The Balaban J connectivity index is 1.85. The van der Waals surface area contributed by atoms with Crippen LogP contribution in [0.25, 0.3) is 10.8 Å². The van der Waals surface area contributed by atoms with Gasteiger partial charge in [0, 0.05) is 21.2 Å². The van der Waals surface area contributed by atoms with E-state index in [0.29, 0.717) is 10.7 Å². The first-order valence-electron chi connectivity index (χ1n) is 8.95. The van der Waals surface area contributed by atoms with Crippen molar-refractivity contribution in [1.82, 2.24) is 0 Å². The lowest BCUT2D eigenvalue weighted by Gasteiger charge is -2.20. The largest absolute Gasteiger partial charge is 0.279 e. The molecule has 0 unspecified atom stereocenters. The van der Waals surface area contributed by atoms with E-state index >= 15 is 0 Å². The number of para-hydroxylation sites is 2. The lowest BCUT2D eigenvalue weighted by molar-refractivity contribution is -0.383. The van der Waals surface area contributed by atoms with Crippen LogP contribution in [0.2, 0.25) is 0 Å². The number of non-ortho nitro benzene ring substituents is 1. The van der Waals surface area contributed by atoms with Crippen molar-refractivity contribution < 1.29 is 4.92 Å². The number of rotatable bonds is 1. The summed E-state index contributed by atoms with van der Waals surface area (Å²) >= 11 is 3.27. The van der Waals surface area contributed by atoms with Crippen molar-refractivity contribution in [2.75, 3.05) is 0 Å². The molecule has 2 heterocycles. The van der Waals surface area contributed by atoms with Gasteiger partial charge in [0.15, 0.2) is 0 Å². The second-order valence-corrected chi connectivity index (χ2v) is 8.78. The number of nitro groups is 1. The van der Waals surface area contributed by atoms with E-state index in [1.807, 2.05) is 48.5 Å². The Morgan fingerprint density at radius 2 is 1.31 bits per heavy atom. The Bertz CT molecular complexity index is 1500. The number of hydrogen-bond acceptors (Lipinski definition) is 6. The molecule has 4 aromatic rings. The molecule has 0 saturated carbocycles. The SMILES string of the molecule is O=[N+]([O-])c1cccc2c3c(c4c(c12)=Nc1ccccc1S4)Sc1ccccc1N=3. The van der Waals surface area contributed by atoms with Gasteiger partial charge in [0.25, 0.3) is 5.69 Å². The normalized spacial score (nSPS) is 13.4. The zero-order valence-electron chi connectivity index (χ0n) is 14.8. The van der Waals surface area contributed by atoms with Gasteiger partial charge in [-0.2, -0.15) is 0 Å². The summed E-state index contributed by atoms with van der Waals surface area (Å²) in [6.07, 6.45) is 0. The maximum atomic E-state index is 11.8. The zero-order chi connectivity index (χ0) is 19.5. The van der Waals surface area contributed by atoms with Crippen LogP contribution in [0, 0.1) is 10.1 Å². The summed E-state index contributed by atoms with van der Waals surface area (Å²) in [5.74, 6) is 0. The van der Waals surface area contributed by atoms with E-state index in [1.165, 1.54) is 0 Å². The third-order valence-corrected chi connectivity index (χ3v) is 7.45. The van der Waals surface area contributed by atoms with Gasteiger partial charge in [-0.3, -0.25) is 10.1 Å². The molecule has 2 aliphatic rings. The summed E-state index contributed by atoms with van der Waals surface area (Å²) in [6.45, 7) is 0. The molecular weight excluding hydrogens is 402 g/mol. The van der Waals surface area contributed by atoms with Crippen LogP contribution < -0.4 is 10.7 Å². The van der Waals surface area contributed by atoms with Crippen molar-refractivity contribution in [3.63, 3.8) is 0 Å². The van der Waals surface area contributed by atoms with Crippen LogP contribution >= 0.6 is 23.5 Å². The Labute approximate surface area is 173 Å². The Hall–Kier alpha value is -3.16. The molecule has 0 N–H and O–H groups in total. The average Bonchev–Trinajstić information content (AvgIpc) is 2.76. The van der Waals surface area contributed by atoms with E-state index in [-0.39, 0.29) is 10.6 Å². The molecule has 0 atom stereocenters. The van der Waals surface area contributed by atoms with E-state index in [4.69, 9.17) is 9.98 Å². The van der Waals surface area contributed by atoms with E-state index in [9.17, 15) is 10.1 Å². The van der Waals surface area contributed by atoms with Crippen molar-refractivity contribution in [2.45, 2.75) is 19.6 Å². The molecule has 0 aromatic heterocycles. The fourth-order valence-electron chi connectivity index (χ4n) is 3.73. The fourth-order valence-corrected chi connectivity index (χ4v) is 6.02. The molecular formula is C22H11N3O2S2. The highest BCUT2D eigenvalue weighted by molar-refractivity contribution is 8.02. The van der Waals surface area contributed by atoms with Crippen LogP contribution in [-0.4, -0.2) is 4.92 Å². The van der Waals surface area contributed by atoms with Crippen LogP contribution in [-0.2, 0) is 0 Å². The topological polar surface area (TPSA) is 67.9 Å². The van der Waals surface area contributed by atoms with Crippen LogP contribution in [0.15, 0.2) is 96.3 Å². The van der Waals surface area contributed by atoms with Crippen molar-refractivity contribution in [3.05, 3.63) is 87.6 Å². The number of benzene rings is 4. The van der Waals surface area contributed by atoms with Gasteiger partial charge in [-0.05, 0) is 24.3 Å². The second-order valence-electron chi connectivity index (χ2n) is 6.68. The third-order valence-electron chi connectivity index (χ3n) is 4.99. The predicted molar refractivity (Wildman–Crippen MR) is 113 cm³/mol. The molecule has 0 bridgehead atoms. The summed E-state index contributed by atoms with van der Waals surface area (Å²) in [5, 5.41) is 14.6. The van der Waals surface area contributed by atoms with Gasteiger partial charge in [-0.15, -0.1) is 0 Å². The minimum absolute atomic E-state index is 0.0596. The average molecular weight is 413 g/mol. The number of nitro benzene ring substituents is 1. The van der Waals surface area contributed by atoms with Gasteiger partial charge >= 0.3 is 0 Å². The number of hydrogen-bond donors (Lipinski definition) is 0. The van der Waals surface area contributed by atoms with E-state index < -0.39 is 0 Å². The quantitative estimate of drug-likeness (QED) is 0.261. The van der Waals surface area contributed by atoms with Gasteiger partial charge in [0.1, 0.15) is 0 Å². The van der Waals surface area contributed by atoms with Crippen LogP contribution in [0.1, 0.15) is 0 Å². The zero-order valence-corrected chi connectivity index (χ0v) is 16.5. The third kappa shape index (κ3) is 2.44. The lowest BCUT2D eigenvalue weighted by Crippen LogP contribution is -2.22. The molecule has 138 valence electrons. The first-order valence-corrected chi connectivity index (χ1v) is 10.6. The minimum Gasteiger partial charge on any atom is -0.258 e. The molecule has 0 saturated heterocycles. The molecule has 4 aromatic carbocycles. The van der Waals surface area contributed by atoms with Gasteiger partial charge in [-0.25, -0.2) is 9.98 Å². The molecule has 0 radical (unpaired) electrons. The van der Waals surface area contributed by atoms with Crippen LogP contribution in [0.4, 0.5) is 17.1 Å². The molecule has 0 aliphatic carbocycles. The fraction of sp³-hybridized carbons (Fsp3) is 0. The summed E-state index contributed by atoms with van der Waals surface area (Å²) in [6, 6.07) is 21.0. The van der Waals surface area contributed by atoms with Crippen LogP contribution in [0.3, 0.4) is 0 Å². The summed E-state index contributed by atoms with van der Waals surface area (Å²) in [7, 11) is 0. The predicted octanol–water partition coefficient (Wildman–Crippen LogP) is 5.58. The van der Waals surface area contributed by atoms with E-state index in [0.717, 1.165) is 41.7 Å². The highest BCUT2D eigenvalue weighted by Gasteiger charge is 2.27. The van der Waals surface area contributed by atoms with E-state index in [2.05, 4.69) is 6.07 Å². The number of fused-ring (bicyclic) bond motifs is 8. The van der Waals surface area contributed by atoms with Gasteiger partial charge in [-0.1, -0.05) is 59.9 Å². The Morgan fingerprint density at radius 3 is 1.97 bits per heavy atom. The molecule has 0 amide bonds. The van der Waals surface area contributed by atoms with Crippen molar-refractivity contribution in [1.29, 1.82) is 0 Å². The summed E-state index contributed by atoms with van der Waals surface area (Å²) in [5.41, 5.74) is 1.78. The Kier molecular flexibility index (Phi) is 3.57. The highest BCUT2D eigenvalue weighted by Crippen LogP contribution is 2.46. The molecule has 5 nitrogen and oxygen atoms in total. The lowest BCUT2D eigenvalue weighted by atomic mass is 10.1. The highest BCUT2D eigenvalue weighted by atomic mass is 32.2. The standard InChI is InChI=1S/C22H11N3O2S2/c26-25(27)15-9-5-6-12-18(15)20-22(29-17-11-4-2-8-14(17)24-20)21-19(12)23-13-7-1-3-10-16(13)28-21/h1-11H. The van der Waals surface area contributed by atoms with E-state index in [1.54, 1.807) is 35.7 Å². The maximum Gasteiger partial charge on any atom is 0.279 e. The first kappa shape index (κ1) is 16.8. The molecule has 6 rings (SSSR count). The summed E-state index contributed by atoms with van der Waals surface area (Å²) in [4.78, 5) is 25.3. The molecule has 2 aliphatic heterocycles. The molecule has 29 heavy (non-hydrogen) atoms. The van der Waals surface area contributed by atoms with Gasteiger partial charge < -0.3 is 0 Å². The molecule has 7 heteroatoms. The van der Waals surface area contributed by atoms with Gasteiger partial charge in [0.2, 0.25) is 0 Å². The first-order chi connectivity index (χ1) is 14.2. The van der Waals surface area contributed by atoms with Crippen molar-refractivity contribution in [3.8, 4) is 0 Å². The molecule has 0 spiro atoms. The monoisotopic (exact) mass is 413 g/mol. The smallest absolute Gasteiger partial charge is 0.258 e. The number of nitrogens with zero attached hydrogens (tertiary/aromatic N) is 3. The Morgan fingerprint density at radius 1 is 0.724 bits per heavy atom. The van der Waals surface area contributed by atoms with Gasteiger partial charge in [0.05, 0.1) is 42.2 Å². The maximum absolute atomic E-state index is 11.8. The van der Waals surface area contributed by atoms with Crippen molar-refractivity contribution in [2.24, 2.45) is 9.98 Å². The second kappa shape index (κ2) is 6.17. The minimum atomic E-state index is -0.334.